The Morgan fingerprint density at radius 3 is 2.87 bits per heavy atom. The van der Waals surface area contributed by atoms with Crippen LogP contribution in [0.4, 0.5) is 0 Å². The summed E-state index contributed by atoms with van der Waals surface area (Å²) >= 11 is 7.27. The van der Waals surface area contributed by atoms with Gasteiger partial charge in [0.25, 0.3) is 0 Å². The van der Waals surface area contributed by atoms with Crippen LogP contribution in [-0.2, 0) is 11.2 Å². The average Bonchev–Trinajstić information content (AvgIpc) is 2.61. The number of amides is 1. The first-order valence-electron chi connectivity index (χ1n) is 4.98. The van der Waals surface area contributed by atoms with Crippen molar-refractivity contribution in [2.45, 2.75) is 19.8 Å². The molecule has 2 nitrogen and oxygen atoms in total. The number of nitrogens with zero attached hydrogens (tertiary/aromatic N) is 1. The summed E-state index contributed by atoms with van der Waals surface area (Å²) in [4.78, 5) is 14.5. The number of aryl methyl sites for hydroxylation is 1. The highest BCUT2D eigenvalue weighted by molar-refractivity contribution is 7.10. The van der Waals surface area contributed by atoms with E-state index < -0.39 is 0 Å². The van der Waals surface area contributed by atoms with E-state index in [0.29, 0.717) is 12.3 Å². The minimum atomic E-state index is 0.124. The van der Waals surface area contributed by atoms with Gasteiger partial charge in [-0.2, -0.15) is 0 Å². The van der Waals surface area contributed by atoms with Crippen LogP contribution in [-0.4, -0.2) is 30.3 Å². The molecule has 0 aliphatic rings. The zero-order chi connectivity index (χ0) is 11.3. The second-order valence-corrected chi connectivity index (χ2v) is 4.91. The lowest BCUT2D eigenvalue weighted by Gasteiger charge is -2.16. The normalized spacial score (nSPS) is 10.3. The molecule has 0 fully saturated rings. The molecule has 1 heterocycles. The van der Waals surface area contributed by atoms with E-state index in [1.165, 1.54) is 10.4 Å². The van der Waals surface area contributed by atoms with Gasteiger partial charge in [0.15, 0.2) is 0 Å². The highest BCUT2D eigenvalue weighted by atomic mass is 35.5. The second kappa shape index (κ2) is 6.13. The molecule has 84 valence electrons. The molecule has 0 atom stereocenters. The molecule has 4 heteroatoms. The highest BCUT2D eigenvalue weighted by Gasteiger charge is 2.08. The summed E-state index contributed by atoms with van der Waals surface area (Å²) in [7, 11) is 1.83. The Kier molecular flexibility index (Phi) is 5.12. The molecule has 0 bridgehead atoms. The van der Waals surface area contributed by atoms with Gasteiger partial charge in [-0.1, -0.05) is 0 Å². The SMILES string of the molecule is Cc1ccsc1CCN(C)C(=O)CCCl. The van der Waals surface area contributed by atoms with Crippen molar-refractivity contribution in [2.75, 3.05) is 19.5 Å². The van der Waals surface area contributed by atoms with E-state index in [9.17, 15) is 4.79 Å². The maximum absolute atomic E-state index is 11.4. The summed E-state index contributed by atoms with van der Waals surface area (Å²) in [5.74, 6) is 0.528. The number of hydrogen-bond acceptors (Lipinski definition) is 2. The van der Waals surface area contributed by atoms with Crippen molar-refractivity contribution in [3.05, 3.63) is 21.9 Å². The first-order chi connectivity index (χ1) is 7.15. The third-order valence-corrected chi connectivity index (χ3v) is 3.65. The Bertz CT molecular complexity index is 324. The van der Waals surface area contributed by atoms with E-state index in [0.717, 1.165) is 13.0 Å². The van der Waals surface area contributed by atoms with Gasteiger partial charge in [-0.15, -0.1) is 22.9 Å². The standard InChI is InChI=1S/C11H16ClNOS/c1-9-5-8-15-10(9)4-7-13(2)11(14)3-6-12/h5,8H,3-4,6-7H2,1-2H3. The second-order valence-electron chi connectivity index (χ2n) is 3.53. The Balaban J connectivity index is 2.37. The van der Waals surface area contributed by atoms with E-state index >= 15 is 0 Å². The van der Waals surface area contributed by atoms with Crippen molar-refractivity contribution in [2.24, 2.45) is 0 Å². The van der Waals surface area contributed by atoms with Crippen LogP contribution in [0.1, 0.15) is 16.9 Å². The lowest BCUT2D eigenvalue weighted by Crippen LogP contribution is -2.28. The lowest BCUT2D eigenvalue weighted by molar-refractivity contribution is -0.129. The molecule has 0 N–H and O–H groups in total. The predicted octanol–water partition coefficient (Wildman–Crippen LogP) is 2.69. The number of likely N-dealkylation sites (N-methyl/N-ethyl adjacent to an activating group) is 1. The minimum absolute atomic E-state index is 0.124. The number of carbonyl (C=O) groups excluding carboxylic acids is 1. The van der Waals surface area contributed by atoms with Gasteiger partial charge < -0.3 is 4.90 Å². The Morgan fingerprint density at radius 2 is 2.33 bits per heavy atom. The summed E-state index contributed by atoms with van der Waals surface area (Å²) < 4.78 is 0. The number of carbonyl (C=O) groups is 1. The van der Waals surface area contributed by atoms with Gasteiger partial charge in [0.2, 0.25) is 5.91 Å². The summed E-state index contributed by atoms with van der Waals surface area (Å²) in [6, 6.07) is 2.11. The molecule has 0 aliphatic heterocycles. The molecular formula is C11H16ClNOS. The minimum Gasteiger partial charge on any atom is -0.345 e. The lowest BCUT2D eigenvalue weighted by atomic mass is 10.2. The van der Waals surface area contributed by atoms with E-state index in [2.05, 4.69) is 18.4 Å². The largest absolute Gasteiger partial charge is 0.345 e. The number of rotatable bonds is 5. The maximum atomic E-state index is 11.4. The van der Waals surface area contributed by atoms with Gasteiger partial charge in [-0.25, -0.2) is 0 Å². The van der Waals surface area contributed by atoms with E-state index in [1.54, 1.807) is 16.2 Å². The van der Waals surface area contributed by atoms with Gasteiger partial charge >= 0.3 is 0 Å². The van der Waals surface area contributed by atoms with Gasteiger partial charge in [-0.05, 0) is 30.4 Å². The molecular weight excluding hydrogens is 230 g/mol. The van der Waals surface area contributed by atoms with Gasteiger partial charge in [0, 0.05) is 30.8 Å². The van der Waals surface area contributed by atoms with Crippen LogP contribution in [0.25, 0.3) is 0 Å². The molecule has 1 aromatic heterocycles. The number of hydrogen-bond donors (Lipinski definition) is 0. The fourth-order valence-corrected chi connectivity index (χ4v) is 2.39. The van der Waals surface area contributed by atoms with E-state index in [-0.39, 0.29) is 5.91 Å². The van der Waals surface area contributed by atoms with Gasteiger partial charge in [0.1, 0.15) is 0 Å². The van der Waals surface area contributed by atoms with Crippen molar-refractivity contribution in [1.29, 1.82) is 0 Å². The molecule has 0 radical (unpaired) electrons. The molecule has 1 rings (SSSR count). The Morgan fingerprint density at radius 1 is 1.60 bits per heavy atom. The average molecular weight is 246 g/mol. The van der Waals surface area contributed by atoms with Crippen LogP contribution in [0.3, 0.4) is 0 Å². The Labute approximate surface area is 99.9 Å². The molecule has 15 heavy (non-hydrogen) atoms. The number of thiophene rings is 1. The summed E-state index contributed by atoms with van der Waals surface area (Å²) in [5.41, 5.74) is 1.32. The molecule has 1 amide bonds. The van der Waals surface area contributed by atoms with E-state index in [1.807, 2.05) is 7.05 Å². The van der Waals surface area contributed by atoms with Crippen LogP contribution >= 0.6 is 22.9 Å². The third-order valence-electron chi connectivity index (χ3n) is 2.38. The van der Waals surface area contributed by atoms with Crippen molar-refractivity contribution >= 4 is 28.8 Å². The smallest absolute Gasteiger partial charge is 0.223 e. The zero-order valence-electron chi connectivity index (χ0n) is 9.12. The molecule has 0 saturated carbocycles. The third kappa shape index (κ3) is 3.84. The van der Waals surface area contributed by atoms with Crippen LogP contribution in [0.5, 0.6) is 0 Å². The molecule has 0 saturated heterocycles. The first-order valence-corrected chi connectivity index (χ1v) is 6.39. The maximum Gasteiger partial charge on any atom is 0.223 e. The topological polar surface area (TPSA) is 20.3 Å². The van der Waals surface area contributed by atoms with E-state index in [4.69, 9.17) is 11.6 Å². The van der Waals surface area contributed by atoms with Crippen molar-refractivity contribution in [1.82, 2.24) is 4.90 Å². The van der Waals surface area contributed by atoms with Crippen LogP contribution in [0, 0.1) is 6.92 Å². The summed E-state index contributed by atoms with van der Waals surface area (Å²) in [6.45, 7) is 2.88. The summed E-state index contributed by atoms with van der Waals surface area (Å²) in [5, 5.41) is 2.09. The quantitative estimate of drug-likeness (QED) is 0.731. The van der Waals surface area contributed by atoms with Crippen LogP contribution in [0.2, 0.25) is 0 Å². The summed E-state index contributed by atoms with van der Waals surface area (Å²) in [6.07, 6.45) is 1.37. The first kappa shape index (κ1) is 12.5. The van der Waals surface area contributed by atoms with Crippen molar-refractivity contribution in [3.63, 3.8) is 0 Å². The fraction of sp³-hybridized carbons (Fsp3) is 0.545. The van der Waals surface area contributed by atoms with Crippen molar-refractivity contribution in [3.8, 4) is 0 Å². The molecule has 0 unspecified atom stereocenters. The molecule has 1 aromatic rings. The number of alkyl halides is 1. The molecule has 0 spiro atoms. The monoisotopic (exact) mass is 245 g/mol. The van der Waals surface area contributed by atoms with Crippen molar-refractivity contribution < 1.29 is 4.79 Å². The number of halogens is 1. The van der Waals surface area contributed by atoms with Crippen LogP contribution in [0.15, 0.2) is 11.4 Å². The van der Waals surface area contributed by atoms with Gasteiger partial charge in [0.05, 0.1) is 0 Å². The zero-order valence-corrected chi connectivity index (χ0v) is 10.7. The molecule has 0 aliphatic carbocycles. The Hall–Kier alpha value is -0.540. The van der Waals surface area contributed by atoms with Crippen LogP contribution < -0.4 is 0 Å². The fourth-order valence-electron chi connectivity index (χ4n) is 1.33. The van der Waals surface area contributed by atoms with Gasteiger partial charge in [-0.3, -0.25) is 4.79 Å². The molecule has 0 aromatic carbocycles. The predicted molar refractivity (Wildman–Crippen MR) is 65.7 cm³/mol. The highest BCUT2D eigenvalue weighted by Crippen LogP contribution is 2.16.